The molecule has 25 heavy (non-hydrogen) atoms. The van der Waals surface area contributed by atoms with Gasteiger partial charge in [0.1, 0.15) is 11.5 Å². The van der Waals surface area contributed by atoms with E-state index in [2.05, 4.69) is 25.8 Å². The van der Waals surface area contributed by atoms with Crippen LogP contribution < -0.4 is 0 Å². The molecule has 0 aliphatic carbocycles. The van der Waals surface area contributed by atoms with Crippen molar-refractivity contribution in [1.29, 1.82) is 0 Å². The zero-order chi connectivity index (χ0) is 16.8. The van der Waals surface area contributed by atoms with Crippen molar-refractivity contribution in [3.05, 3.63) is 70.6 Å². The number of amides is 1. The van der Waals surface area contributed by atoms with E-state index in [1.807, 2.05) is 36.5 Å². The third-order valence-electron chi connectivity index (χ3n) is 5.22. The zero-order valence-corrected chi connectivity index (χ0v) is 14.6. The van der Waals surface area contributed by atoms with E-state index >= 15 is 0 Å². The van der Waals surface area contributed by atoms with Crippen molar-refractivity contribution in [3.63, 3.8) is 0 Å². The quantitative estimate of drug-likeness (QED) is 0.723. The lowest BCUT2D eigenvalue weighted by atomic mass is 10.1. The minimum Gasteiger partial charge on any atom is -0.468 e. The molecule has 0 saturated carbocycles. The molecule has 6 heteroatoms. The average Bonchev–Trinajstić information content (AvgIpc) is 3.36. The number of fused-ring (bicyclic) bond motifs is 3. The van der Waals surface area contributed by atoms with Crippen LogP contribution in [-0.2, 0) is 13.1 Å². The first-order valence-corrected chi connectivity index (χ1v) is 9.42. The van der Waals surface area contributed by atoms with Crippen molar-refractivity contribution < 1.29 is 9.21 Å². The summed E-state index contributed by atoms with van der Waals surface area (Å²) in [6.07, 6.45) is 3.76. The monoisotopic (exact) mass is 353 g/mol. The molecular weight excluding hydrogens is 334 g/mol. The minimum atomic E-state index is 0.138. The maximum atomic E-state index is 13.0. The maximum Gasteiger partial charge on any atom is 0.271 e. The second-order valence-electron chi connectivity index (χ2n) is 6.72. The summed E-state index contributed by atoms with van der Waals surface area (Å²) in [5.74, 6) is 1.11. The van der Waals surface area contributed by atoms with Gasteiger partial charge in [-0.05, 0) is 35.7 Å². The molecule has 2 aliphatic heterocycles. The van der Waals surface area contributed by atoms with E-state index in [4.69, 9.17) is 4.42 Å². The van der Waals surface area contributed by atoms with E-state index in [0.29, 0.717) is 12.6 Å². The summed E-state index contributed by atoms with van der Waals surface area (Å²) in [5.41, 5.74) is 0.803. The van der Waals surface area contributed by atoms with Gasteiger partial charge in [-0.25, -0.2) is 0 Å². The maximum absolute atomic E-state index is 13.0. The molecule has 0 spiro atoms. The van der Waals surface area contributed by atoms with Crippen molar-refractivity contribution >= 4 is 17.2 Å². The van der Waals surface area contributed by atoms with Crippen LogP contribution in [0, 0.1) is 0 Å². The number of nitrogens with zero attached hydrogens (tertiary/aromatic N) is 3. The van der Waals surface area contributed by atoms with Crippen LogP contribution in [-0.4, -0.2) is 39.4 Å². The van der Waals surface area contributed by atoms with Crippen LogP contribution in [0.1, 0.15) is 27.2 Å². The van der Waals surface area contributed by atoms with Gasteiger partial charge in [-0.2, -0.15) is 0 Å². The zero-order valence-electron chi connectivity index (χ0n) is 13.7. The first-order valence-electron chi connectivity index (χ1n) is 8.54. The van der Waals surface area contributed by atoms with E-state index in [0.717, 1.165) is 31.1 Å². The Balaban J connectivity index is 1.45. The van der Waals surface area contributed by atoms with Crippen molar-refractivity contribution in [1.82, 2.24) is 14.4 Å². The number of hydrogen-bond donors (Lipinski definition) is 0. The van der Waals surface area contributed by atoms with Gasteiger partial charge in [-0.3, -0.25) is 9.69 Å². The van der Waals surface area contributed by atoms with Gasteiger partial charge >= 0.3 is 0 Å². The Morgan fingerprint density at radius 1 is 1.08 bits per heavy atom. The van der Waals surface area contributed by atoms with E-state index in [9.17, 15) is 4.79 Å². The van der Waals surface area contributed by atoms with Crippen LogP contribution in [0.5, 0.6) is 0 Å². The molecule has 3 aromatic heterocycles. The summed E-state index contributed by atoms with van der Waals surface area (Å²) in [6, 6.07) is 12.5. The first kappa shape index (κ1) is 15.0. The van der Waals surface area contributed by atoms with Gasteiger partial charge in [0, 0.05) is 24.2 Å². The first-order chi connectivity index (χ1) is 12.3. The van der Waals surface area contributed by atoms with Crippen LogP contribution in [0.4, 0.5) is 0 Å². The summed E-state index contributed by atoms with van der Waals surface area (Å²) in [6.45, 7) is 3.29. The van der Waals surface area contributed by atoms with Crippen LogP contribution >= 0.6 is 11.3 Å². The lowest BCUT2D eigenvalue weighted by Crippen LogP contribution is -2.49. The topological polar surface area (TPSA) is 41.6 Å². The molecule has 1 saturated heterocycles. The fraction of sp³-hybridized carbons (Fsp3) is 0.316. The lowest BCUT2D eigenvalue weighted by Gasteiger charge is -2.38. The summed E-state index contributed by atoms with van der Waals surface area (Å²) in [7, 11) is 0. The second kappa shape index (κ2) is 5.89. The van der Waals surface area contributed by atoms with E-state index in [1.165, 1.54) is 4.88 Å². The Labute approximate surface area is 150 Å². The molecular formula is C19H19N3O2S. The highest BCUT2D eigenvalue weighted by molar-refractivity contribution is 7.09. The fourth-order valence-corrected chi connectivity index (χ4v) is 4.80. The Morgan fingerprint density at radius 3 is 2.80 bits per heavy atom. The van der Waals surface area contributed by atoms with Crippen molar-refractivity contribution in [2.75, 3.05) is 13.1 Å². The van der Waals surface area contributed by atoms with E-state index in [1.54, 1.807) is 17.6 Å². The summed E-state index contributed by atoms with van der Waals surface area (Å²) in [5, 5.41) is 2.07. The minimum absolute atomic E-state index is 0.138. The largest absolute Gasteiger partial charge is 0.468 e. The highest BCUT2D eigenvalue weighted by Gasteiger charge is 2.45. The smallest absolute Gasteiger partial charge is 0.271 e. The Kier molecular flexibility index (Phi) is 3.53. The number of carbonyl (C=O) groups is 1. The molecule has 5 rings (SSSR count). The van der Waals surface area contributed by atoms with Gasteiger partial charge in [0.15, 0.2) is 0 Å². The van der Waals surface area contributed by atoms with Gasteiger partial charge in [-0.15, -0.1) is 11.3 Å². The van der Waals surface area contributed by atoms with Gasteiger partial charge in [0.25, 0.3) is 5.91 Å². The fourth-order valence-electron chi connectivity index (χ4n) is 4.10. The Hall–Kier alpha value is -2.31. The highest BCUT2D eigenvalue weighted by atomic mass is 32.1. The molecule has 0 aromatic carbocycles. The average molecular weight is 353 g/mol. The molecule has 0 bridgehead atoms. The second-order valence-corrected chi connectivity index (χ2v) is 7.75. The Bertz CT molecular complexity index is 869. The van der Waals surface area contributed by atoms with Gasteiger partial charge in [0.2, 0.25) is 0 Å². The summed E-state index contributed by atoms with van der Waals surface area (Å²) in [4.78, 5) is 18.7. The third kappa shape index (κ3) is 2.53. The molecule has 5 heterocycles. The van der Waals surface area contributed by atoms with E-state index in [-0.39, 0.29) is 11.9 Å². The lowest BCUT2D eigenvalue weighted by molar-refractivity contribution is 0.0559. The number of furan rings is 1. The predicted octanol–water partition coefficient (Wildman–Crippen LogP) is 3.22. The van der Waals surface area contributed by atoms with Crippen molar-refractivity contribution in [2.45, 2.75) is 25.2 Å². The van der Waals surface area contributed by atoms with Crippen molar-refractivity contribution in [2.24, 2.45) is 0 Å². The number of carbonyl (C=O) groups excluding carboxylic acids is 1. The molecule has 1 fully saturated rings. The number of hydrogen-bond acceptors (Lipinski definition) is 4. The van der Waals surface area contributed by atoms with Crippen LogP contribution in [0.15, 0.2) is 58.7 Å². The molecule has 5 nitrogen and oxygen atoms in total. The summed E-state index contributed by atoms with van der Waals surface area (Å²) < 4.78 is 7.68. The molecule has 1 amide bonds. The Morgan fingerprint density at radius 2 is 2.00 bits per heavy atom. The molecule has 2 aliphatic rings. The van der Waals surface area contributed by atoms with Crippen LogP contribution in [0.3, 0.4) is 0 Å². The standard InChI is InChI=1S/C19H19N3O2S/c23-19-16-6-1-7-21(16)17-12-20(10-14-4-2-8-24-14)13-18(17)22(19)11-15-5-3-9-25-15/h1-9,17-18H,10-13H2/t17-,18-/m0/s1. The van der Waals surface area contributed by atoms with Crippen molar-refractivity contribution in [3.8, 4) is 0 Å². The molecule has 0 radical (unpaired) electrons. The molecule has 2 atom stereocenters. The normalized spacial score (nSPS) is 23.0. The van der Waals surface area contributed by atoms with Crippen LogP contribution in [0.2, 0.25) is 0 Å². The van der Waals surface area contributed by atoms with E-state index < -0.39 is 0 Å². The molecule has 0 N–H and O–H groups in total. The summed E-state index contributed by atoms with van der Waals surface area (Å²) >= 11 is 1.71. The number of likely N-dealkylation sites (tertiary alicyclic amines) is 1. The molecule has 128 valence electrons. The van der Waals surface area contributed by atoms with Gasteiger partial charge in [0.05, 0.1) is 31.4 Å². The van der Waals surface area contributed by atoms with Crippen LogP contribution in [0.25, 0.3) is 0 Å². The SMILES string of the molecule is O=C1c2cccn2[C@H]2CN(Cc3ccco3)C[C@@H]2N1Cc1cccs1. The third-order valence-corrected chi connectivity index (χ3v) is 6.08. The number of aromatic nitrogens is 1. The van der Waals surface area contributed by atoms with Gasteiger partial charge in [-0.1, -0.05) is 6.07 Å². The number of thiophene rings is 1. The molecule has 3 aromatic rings. The predicted molar refractivity (Wildman–Crippen MR) is 95.4 cm³/mol. The van der Waals surface area contributed by atoms with Gasteiger partial charge < -0.3 is 13.9 Å². The highest BCUT2D eigenvalue weighted by Crippen LogP contribution is 2.35. The number of rotatable bonds is 4. The molecule has 0 unspecified atom stereocenters.